The molecule has 0 unspecified atom stereocenters. The number of aromatic nitrogens is 3. The van der Waals surface area contributed by atoms with E-state index in [2.05, 4.69) is 36.4 Å². The summed E-state index contributed by atoms with van der Waals surface area (Å²) in [5.41, 5.74) is 0. The first-order valence-corrected chi connectivity index (χ1v) is 5.66. The maximum absolute atomic E-state index is 5.78. The van der Waals surface area contributed by atoms with Gasteiger partial charge < -0.3 is 9.84 Å². The quantitative estimate of drug-likeness (QED) is 0.944. The van der Waals surface area contributed by atoms with E-state index in [4.69, 9.17) is 16.1 Å². The maximum atomic E-state index is 5.78. The van der Waals surface area contributed by atoms with Gasteiger partial charge in [-0.3, -0.25) is 0 Å². The van der Waals surface area contributed by atoms with Crippen LogP contribution in [0.2, 0.25) is 5.02 Å². The van der Waals surface area contributed by atoms with Crippen molar-refractivity contribution in [2.24, 2.45) is 0 Å². The largest absolute Gasteiger partial charge is 0.362 e. The number of nitrogens with one attached hydrogen (secondary N) is 1. The van der Waals surface area contributed by atoms with Gasteiger partial charge in [-0.15, -0.1) is 0 Å². The molecule has 2 aromatic heterocycles. The number of aryl methyl sites for hydroxylation is 1. The van der Waals surface area contributed by atoms with Crippen molar-refractivity contribution in [2.75, 3.05) is 5.32 Å². The number of halogens is 2. The molecule has 5 nitrogen and oxygen atoms in total. The molecule has 0 aliphatic heterocycles. The van der Waals surface area contributed by atoms with E-state index in [-0.39, 0.29) is 0 Å². The Kier molecular flexibility index (Phi) is 3.40. The first-order chi connectivity index (χ1) is 7.65. The molecule has 16 heavy (non-hydrogen) atoms. The zero-order valence-corrected chi connectivity index (χ0v) is 10.7. The van der Waals surface area contributed by atoms with Crippen LogP contribution in [0.15, 0.2) is 21.3 Å². The number of anilines is 1. The Morgan fingerprint density at radius 1 is 1.56 bits per heavy atom. The molecule has 1 N–H and O–H groups in total. The fourth-order valence-corrected chi connectivity index (χ4v) is 1.90. The Balaban J connectivity index is 2.04. The zero-order valence-electron chi connectivity index (χ0n) is 8.37. The Morgan fingerprint density at radius 2 is 2.38 bits per heavy atom. The Labute approximate surface area is 105 Å². The number of pyridine rings is 1. The van der Waals surface area contributed by atoms with Gasteiger partial charge in [0, 0.05) is 13.1 Å². The standard InChI is InChI=1S/C9H8BrClN4O/c1-5-14-8(15-16-5)4-13-9-7(10)2-6(11)3-12-9/h2-3H,4H2,1H3,(H,12,13). The topological polar surface area (TPSA) is 63.8 Å². The molecular weight excluding hydrogens is 295 g/mol. The van der Waals surface area contributed by atoms with Crippen LogP contribution in [0.3, 0.4) is 0 Å². The van der Waals surface area contributed by atoms with Crippen LogP contribution < -0.4 is 5.32 Å². The van der Waals surface area contributed by atoms with Gasteiger partial charge in [-0.05, 0) is 22.0 Å². The summed E-state index contributed by atoms with van der Waals surface area (Å²) in [4.78, 5) is 8.19. The summed E-state index contributed by atoms with van der Waals surface area (Å²) in [6, 6.07) is 1.76. The highest BCUT2D eigenvalue weighted by Crippen LogP contribution is 2.23. The number of hydrogen-bond acceptors (Lipinski definition) is 5. The first kappa shape index (κ1) is 11.3. The average Bonchev–Trinajstić information content (AvgIpc) is 2.63. The lowest BCUT2D eigenvalue weighted by Gasteiger charge is -2.04. The fourth-order valence-electron chi connectivity index (χ4n) is 1.12. The summed E-state index contributed by atoms with van der Waals surface area (Å²) in [6.07, 6.45) is 1.57. The van der Waals surface area contributed by atoms with Gasteiger partial charge in [0.1, 0.15) is 5.82 Å². The van der Waals surface area contributed by atoms with Crippen molar-refractivity contribution in [1.29, 1.82) is 0 Å². The van der Waals surface area contributed by atoms with Gasteiger partial charge >= 0.3 is 0 Å². The normalized spacial score (nSPS) is 10.4. The van der Waals surface area contributed by atoms with Crippen molar-refractivity contribution >= 4 is 33.3 Å². The van der Waals surface area contributed by atoms with Crippen LogP contribution >= 0.6 is 27.5 Å². The van der Waals surface area contributed by atoms with Crippen LogP contribution in [0.25, 0.3) is 0 Å². The summed E-state index contributed by atoms with van der Waals surface area (Å²) in [7, 11) is 0. The van der Waals surface area contributed by atoms with Crippen molar-refractivity contribution in [1.82, 2.24) is 15.1 Å². The van der Waals surface area contributed by atoms with Crippen LogP contribution in [0, 0.1) is 6.92 Å². The zero-order chi connectivity index (χ0) is 11.5. The Hall–Kier alpha value is -1.14. The molecule has 0 fully saturated rings. The van der Waals surface area contributed by atoms with E-state index in [1.807, 2.05) is 0 Å². The first-order valence-electron chi connectivity index (χ1n) is 4.49. The lowest BCUT2D eigenvalue weighted by atomic mass is 10.4. The summed E-state index contributed by atoms with van der Waals surface area (Å²) in [5.74, 6) is 1.81. The number of hydrogen-bond donors (Lipinski definition) is 1. The predicted octanol–water partition coefficient (Wildman–Crippen LogP) is 2.80. The van der Waals surface area contributed by atoms with Gasteiger partial charge in [0.2, 0.25) is 5.89 Å². The van der Waals surface area contributed by atoms with Gasteiger partial charge in [0.05, 0.1) is 16.0 Å². The van der Waals surface area contributed by atoms with E-state index in [0.717, 1.165) is 4.47 Å². The van der Waals surface area contributed by atoms with Gasteiger partial charge in [0.25, 0.3) is 0 Å². The van der Waals surface area contributed by atoms with E-state index in [9.17, 15) is 0 Å². The molecule has 0 bridgehead atoms. The minimum atomic E-state index is 0.449. The van der Waals surface area contributed by atoms with Gasteiger partial charge in [0.15, 0.2) is 5.82 Å². The molecule has 2 aromatic rings. The summed E-state index contributed by atoms with van der Waals surface area (Å²) in [5, 5.41) is 7.41. The molecule has 7 heteroatoms. The van der Waals surface area contributed by atoms with Crippen LogP contribution in [0.4, 0.5) is 5.82 Å². The molecule has 0 spiro atoms. The molecule has 84 valence electrons. The molecule has 0 atom stereocenters. The molecule has 0 aliphatic rings. The van der Waals surface area contributed by atoms with Crippen molar-refractivity contribution in [2.45, 2.75) is 13.5 Å². The minimum Gasteiger partial charge on any atom is -0.362 e. The van der Waals surface area contributed by atoms with E-state index in [1.54, 1.807) is 19.2 Å². The third-order valence-electron chi connectivity index (χ3n) is 1.79. The second-order valence-corrected chi connectivity index (χ2v) is 4.36. The second kappa shape index (κ2) is 4.80. The third-order valence-corrected chi connectivity index (χ3v) is 2.60. The smallest absolute Gasteiger partial charge is 0.223 e. The Morgan fingerprint density at radius 3 is 3.00 bits per heavy atom. The SMILES string of the molecule is Cc1nc(CNc2ncc(Cl)cc2Br)no1. The molecule has 2 heterocycles. The molecular formula is C9H8BrClN4O. The summed E-state index contributed by atoms with van der Waals surface area (Å²) in [6.45, 7) is 2.19. The lowest BCUT2D eigenvalue weighted by molar-refractivity contribution is 0.388. The van der Waals surface area contributed by atoms with Crippen molar-refractivity contribution < 1.29 is 4.52 Å². The van der Waals surface area contributed by atoms with Crippen LogP contribution in [-0.4, -0.2) is 15.1 Å². The summed E-state index contributed by atoms with van der Waals surface area (Å²) < 4.78 is 5.64. The fraction of sp³-hybridized carbons (Fsp3) is 0.222. The molecule has 0 amide bonds. The van der Waals surface area contributed by atoms with Crippen LogP contribution in [-0.2, 0) is 6.54 Å². The highest BCUT2D eigenvalue weighted by Gasteiger charge is 2.05. The van der Waals surface area contributed by atoms with Crippen molar-refractivity contribution in [3.05, 3.63) is 33.5 Å². The predicted molar refractivity (Wildman–Crippen MR) is 63.3 cm³/mol. The molecule has 0 saturated carbocycles. The monoisotopic (exact) mass is 302 g/mol. The van der Waals surface area contributed by atoms with Gasteiger partial charge in [-0.1, -0.05) is 16.8 Å². The van der Waals surface area contributed by atoms with Crippen LogP contribution in [0.5, 0.6) is 0 Å². The molecule has 0 radical (unpaired) electrons. The van der Waals surface area contributed by atoms with E-state index in [0.29, 0.717) is 29.1 Å². The third kappa shape index (κ3) is 2.70. The number of nitrogens with zero attached hydrogens (tertiary/aromatic N) is 3. The van der Waals surface area contributed by atoms with Crippen molar-refractivity contribution in [3.8, 4) is 0 Å². The molecule has 0 aromatic carbocycles. The summed E-state index contributed by atoms with van der Waals surface area (Å²) >= 11 is 9.13. The maximum Gasteiger partial charge on any atom is 0.223 e. The minimum absolute atomic E-state index is 0.449. The number of rotatable bonds is 3. The van der Waals surface area contributed by atoms with Gasteiger partial charge in [-0.25, -0.2) is 4.98 Å². The average molecular weight is 304 g/mol. The van der Waals surface area contributed by atoms with Crippen LogP contribution in [0.1, 0.15) is 11.7 Å². The molecule has 0 aliphatic carbocycles. The highest BCUT2D eigenvalue weighted by molar-refractivity contribution is 9.10. The molecule has 2 rings (SSSR count). The van der Waals surface area contributed by atoms with Gasteiger partial charge in [-0.2, -0.15) is 4.98 Å². The second-order valence-electron chi connectivity index (χ2n) is 3.07. The molecule has 0 saturated heterocycles. The van der Waals surface area contributed by atoms with Crippen molar-refractivity contribution in [3.63, 3.8) is 0 Å². The van der Waals surface area contributed by atoms with E-state index in [1.165, 1.54) is 0 Å². The van der Waals surface area contributed by atoms with E-state index < -0.39 is 0 Å². The van der Waals surface area contributed by atoms with E-state index >= 15 is 0 Å². The highest BCUT2D eigenvalue weighted by atomic mass is 79.9. The Bertz CT molecular complexity index is 502. The lowest BCUT2D eigenvalue weighted by Crippen LogP contribution is -2.03.